The van der Waals surface area contributed by atoms with Crippen molar-refractivity contribution in [3.63, 3.8) is 0 Å². The van der Waals surface area contributed by atoms with Crippen LogP contribution in [0.5, 0.6) is 0 Å². The second kappa shape index (κ2) is 12.0. The van der Waals surface area contributed by atoms with Crippen molar-refractivity contribution in [1.29, 1.82) is 0 Å². The molecule has 0 spiro atoms. The van der Waals surface area contributed by atoms with Crippen molar-refractivity contribution in [3.8, 4) is 0 Å². The predicted octanol–water partition coefficient (Wildman–Crippen LogP) is 3.48. The number of carbonyl (C=O) groups is 1. The summed E-state index contributed by atoms with van der Waals surface area (Å²) < 4.78 is 0. The third kappa shape index (κ3) is 7.51. The Hall–Kier alpha value is -1.59. The Morgan fingerprint density at radius 1 is 0.889 bits per heavy atom. The van der Waals surface area contributed by atoms with Gasteiger partial charge in [0.2, 0.25) is 5.91 Å². The molecule has 27 heavy (non-hydrogen) atoms. The topological polar surface area (TPSA) is 49.6 Å². The van der Waals surface area contributed by atoms with Crippen LogP contribution in [0, 0.1) is 0 Å². The van der Waals surface area contributed by atoms with E-state index in [0.29, 0.717) is 6.54 Å². The van der Waals surface area contributed by atoms with E-state index in [1.807, 2.05) is 41.3 Å². The minimum absolute atomic E-state index is 0. The molecule has 3 rings (SSSR count). The van der Waals surface area contributed by atoms with Crippen LogP contribution in [-0.4, -0.2) is 41.4 Å². The maximum Gasteiger partial charge on any atom is 0.236 e. The van der Waals surface area contributed by atoms with Crippen LogP contribution in [0.1, 0.15) is 24.0 Å². The average molecular weight is 410 g/mol. The van der Waals surface area contributed by atoms with Crippen LogP contribution in [0.25, 0.3) is 0 Å². The van der Waals surface area contributed by atoms with Gasteiger partial charge in [-0.25, -0.2) is 0 Å². The van der Waals surface area contributed by atoms with Crippen molar-refractivity contribution in [2.45, 2.75) is 32.0 Å². The zero-order valence-electron chi connectivity index (χ0n) is 15.5. The fourth-order valence-electron chi connectivity index (χ4n) is 3.29. The molecule has 1 amide bonds. The Balaban J connectivity index is 0.00000182. The van der Waals surface area contributed by atoms with Gasteiger partial charge in [0.15, 0.2) is 0 Å². The molecule has 2 aromatic rings. The minimum Gasteiger partial charge on any atom is -0.341 e. The third-order valence-corrected chi connectivity index (χ3v) is 4.75. The van der Waals surface area contributed by atoms with Crippen LogP contribution in [0.2, 0.25) is 0 Å². The number of likely N-dealkylation sites (tertiary alicyclic amines) is 1. The Kier molecular flexibility index (Phi) is 10.4. The summed E-state index contributed by atoms with van der Waals surface area (Å²) in [5, 5.41) is 0. The first kappa shape index (κ1) is 23.4. The molecule has 0 unspecified atom stereocenters. The van der Waals surface area contributed by atoms with Crippen LogP contribution in [0.4, 0.5) is 0 Å². The Morgan fingerprint density at radius 2 is 1.33 bits per heavy atom. The summed E-state index contributed by atoms with van der Waals surface area (Å²) >= 11 is 0. The minimum atomic E-state index is 0. The summed E-state index contributed by atoms with van der Waals surface area (Å²) in [7, 11) is 0. The number of rotatable bonds is 6. The van der Waals surface area contributed by atoms with Gasteiger partial charge in [-0.15, -0.1) is 24.8 Å². The lowest BCUT2D eigenvalue weighted by atomic mass is 10.1. The molecule has 0 aromatic heterocycles. The smallest absolute Gasteiger partial charge is 0.236 e. The van der Waals surface area contributed by atoms with E-state index in [2.05, 4.69) is 29.2 Å². The van der Waals surface area contributed by atoms with E-state index in [0.717, 1.165) is 39.0 Å². The second-order valence-corrected chi connectivity index (χ2v) is 6.83. The molecule has 1 aliphatic rings. The number of hydrogen-bond acceptors (Lipinski definition) is 3. The highest BCUT2D eigenvalue weighted by molar-refractivity contribution is 5.85. The van der Waals surface area contributed by atoms with Crippen LogP contribution >= 0.6 is 24.8 Å². The molecule has 0 bridgehead atoms. The average Bonchev–Trinajstić information content (AvgIpc) is 2.64. The van der Waals surface area contributed by atoms with E-state index >= 15 is 0 Å². The number of benzene rings is 2. The number of halogens is 2. The van der Waals surface area contributed by atoms with Gasteiger partial charge in [0.1, 0.15) is 0 Å². The van der Waals surface area contributed by atoms with Crippen molar-refractivity contribution in [2.75, 3.05) is 19.6 Å². The Bertz CT molecular complexity index is 620. The van der Waals surface area contributed by atoms with Crippen molar-refractivity contribution >= 4 is 30.7 Å². The molecular formula is C21H29Cl2N3O. The normalized spacial score (nSPS) is 14.4. The molecule has 6 heteroatoms. The second-order valence-electron chi connectivity index (χ2n) is 6.83. The quantitative estimate of drug-likeness (QED) is 0.793. The summed E-state index contributed by atoms with van der Waals surface area (Å²) in [6.07, 6.45) is 1.81. The Morgan fingerprint density at radius 3 is 1.78 bits per heavy atom. The number of piperidine rings is 1. The lowest BCUT2D eigenvalue weighted by Gasteiger charge is -2.32. The third-order valence-electron chi connectivity index (χ3n) is 4.75. The monoisotopic (exact) mass is 409 g/mol. The van der Waals surface area contributed by atoms with Crippen molar-refractivity contribution in [2.24, 2.45) is 5.73 Å². The van der Waals surface area contributed by atoms with Gasteiger partial charge in [0.05, 0.1) is 6.54 Å². The van der Waals surface area contributed by atoms with Crippen molar-refractivity contribution < 1.29 is 4.79 Å². The van der Waals surface area contributed by atoms with E-state index in [1.54, 1.807) is 0 Å². The fourth-order valence-corrected chi connectivity index (χ4v) is 3.29. The molecule has 2 aromatic carbocycles. The highest BCUT2D eigenvalue weighted by atomic mass is 35.5. The number of nitrogens with zero attached hydrogens (tertiary/aromatic N) is 2. The molecule has 4 nitrogen and oxygen atoms in total. The lowest BCUT2D eigenvalue weighted by molar-refractivity contribution is -0.133. The predicted molar refractivity (Wildman–Crippen MR) is 115 cm³/mol. The van der Waals surface area contributed by atoms with E-state index in [1.165, 1.54) is 11.1 Å². The van der Waals surface area contributed by atoms with Crippen LogP contribution in [0.3, 0.4) is 0 Å². The number of carbonyl (C=O) groups excluding carboxylic acids is 1. The molecule has 0 saturated carbocycles. The zero-order valence-corrected chi connectivity index (χ0v) is 17.1. The first-order valence-corrected chi connectivity index (χ1v) is 9.04. The van der Waals surface area contributed by atoms with E-state index < -0.39 is 0 Å². The van der Waals surface area contributed by atoms with Gasteiger partial charge in [-0.1, -0.05) is 60.7 Å². The fraction of sp³-hybridized carbons (Fsp3) is 0.381. The number of hydrogen-bond donors (Lipinski definition) is 1. The Labute approximate surface area is 174 Å². The maximum absolute atomic E-state index is 12.7. The highest BCUT2D eigenvalue weighted by Crippen LogP contribution is 2.13. The summed E-state index contributed by atoms with van der Waals surface area (Å²) in [4.78, 5) is 16.9. The van der Waals surface area contributed by atoms with Gasteiger partial charge in [0.25, 0.3) is 0 Å². The summed E-state index contributed by atoms with van der Waals surface area (Å²) in [6.45, 7) is 3.55. The largest absolute Gasteiger partial charge is 0.341 e. The van der Waals surface area contributed by atoms with Gasteiger partial charge in [-0.05, 0) is 24.0 Å². The molecule has 1 fully saturated rings. The summed E-state index contributed by atoms with van der Waals surface area (Å²) in [5.74, 6) is 0.207. The van der Waals surface area contributed by atoms with E-state index in [-0.39, 0.29) is 36.8 Å². The SMILES string of the molecule is Cl.Cl.NC1CCN(C(=O)CN(Cc2ccccc2)Cc2ccccc2)CC1. The number of amides is 1. The standard InChI is InChI=1S/C21H27N3O.2ClH/c22-20-11-13-24(14-12-20)21(25)17-23(15-18-7-3-1-4-8-18)16-19-9-5-2-6-10-19;;/h1-10,20H,11-17,22H2;2*1H. The zero-order chi connectivity index (χ0) is 17.5. The van der Waals surface area contributed by atoms with E-state index in [9.17, 15) is 4.79 Å². The molecule has 1 aliphatic heterocycles. The molecule has 148 valence electrons. The van der Waals surface area contributed by atoms with Gasteiger partial charge >= 0.3 is 0 Å². The summed E-state index contributed by atoms with van der Waals surface area (Å²) in [6, 6.07) is 20.9. The van der Waals surface area contributed by atoms with Crippen LogP contribution in [0.15, 0.2) is 60.7 Å². The molecule has 0 aliphatic carbocycles. The molecule has 2 N–H and O–H groups in total. The maximum atomic E-state index is 12.7. The van der Waals surface area contributed by atoms with Gasteiger partial charge in [-0.2, -0.15) is 0 Å². The molecule has 1 heterocycles. The molecule has 0 radical (unpaired) electrons. The highest BCUT2D eigenvalue weighted by Gasteiger charge is 2.22. The van der Waals surface area contributed by atoms with Gasteiger partial charge in [-0.3, -0.25) is 9.69 Å². The first-order valence-electron chi connectivity index (χ1n) is 9.04. The van der Waals surface area contributed by atoms with Crippen molar-refractivity contribution in [1.82, 2.24) is 9.80 Å². The van der Waals surface area contributed by atoms with Gasteiger partial charge in [0, 0.05) is 32.2 Å². The van der Waals surface area contributed by atoms with Crippen molar-refractivity contribution in [3.05, 3.63) is 71.8 Å². The summed E-state index contributed by atoms with van der Waals surface area (Å²) in [5.41, 5.74) is 8.41. The molecule has 1 saturated heterocycles. The molecular weight excluding hydrogens is 381 g/mol. The first-order chi connectivity index (χ1) is 12.2. The van der Waals surface area contributed by atoms with E-state index in [4.69, 9.17) is 5.73 Å². The van der Waals surface area contributed by atoms with Crippen LogP contribution in [-0.2, 0) is 17.9 Å². The number of nitrogens with two attached hydrogens (primary N) is 1. The van der Waals surface area contributed by atoms with Crippen LogP contribution < -0.4 is 5.73 Å². The molecule has 0 atom stereocenters. The lowest BCUT2D eigenvalue weighted by Crippen LogP contribution is -2.46. The van der Waals surface area contributed by atoms with Gasteiger partial charge < -0.3 is 10.6 Å².